The molecule has 0 aliphatic carbocycles. The lowest BCUT2D eigenvalue weighted by Crippen LogP contribution is -1.92. The molecule has 2 aromatic carbocycles. The van der Waals surface area contributed by atoms with E-state index in [4.69, 9.17) is 15.9 Å². The van der Waals surface area contributed by atoms with E-state index in [-0.39, 0.29) is 4.90 Å². The summed E-state index contributed by atoms with van der Waals surface area (Å²) in [7, 11) is 1.55. The SMILES string of the molecule is Cc1cccc(C#N)c1-c1ccc(S(=O)(=O)Cl)cc1. The van der Waals surface area contributed by atoms with Crippen molar-refractivity contribution in [1.82, 2.24) is 0 Å². The topological polar surface area (TPSA) is 57.9 Å². The molecule has 0 N–H and O–H groups in total. The number of halogens is 1. The van der Waals surface area contributed by atoms with Crippen LogP contribution in [-0.2, 0) is 9.05 Å². The molecule has 2 aromatic rings. The van der Waals surface area contributed by atoms with E-state index in [9.17, 15) is 8.42 Å². The highest BCUT2D eigenvalue weighted by Gasteiger charge is 2.12. The molecule has 96 valence electrons. The second-order valence-corrected chi connectivity index (χ2v) is 6.64. The maximum atomic E-state index is 11.2. The summed E-state index contributed by atoms with van der Waals surface area (Å²) in [5.41, 5.74) is 3.12. The van der Waals surface area contributed by atoms with Crippen molar-refractivity contribution in [2.45, 2.75) is 11.8 Å². The molecule has 0 aliphatic heterocycles. The standard InChI is InChI=1S/C14H10ClNO2S/c1-10-3-2-4-12(9-16)14(10)11-5-7-13(8-6-11)19(15,17)18/h2-8H,1H3. The molecule has 0 fully saturated rings. The van der Waals surface area contributed by atoms with Crippen molar-refractivity contribution in [2.75, 3.05) is 0 Å². The highest BCUT2D eigenvalue weighted by molar-refractivity contribution is 8.13. The summed E-state index contributed by atoms with van der Waals surface area (Å²) in [5.74, 6) is 0. The third-order valence-electron chi connectivity index (χ3n) is 2.82. The normalized spacial score (nSPS) is 11.0. The molecule has 0 heterocycles. The molecule has 2 rings (SSSR count). The van der Waals surface area contributed by atoms with E-state index >= 15 is 0 Å². The average molecular weight is 292 g/mol. The van der Waals surface area contributed by atoms with Gasteiger partial charge >= 0.3 is 0 Å². The number of nitrogens with zero attached hydrogens (tertiary/aromatic N) is 1. The van der Waals surface area contributed by atoms with Gasteiger partial charge in [-0.25, -0.2) is 8.42 Å². The third kappa shape index (κ3) is 2.78. The van der Waals surface area contributed by atoms with Gasteiger partial charge in [0.15, 0.2) is 0 Å². The van der Waals surface area contributed by atoms with Crippen molar-refractivity contribution in [3.63, 3.8) is 0 Å². The second-order valence-electron chi connectivity index (χ2n) is 4.07. The van der Waals surface area contributed by atoms with E-state index in [1.165, 1.54) is 12.1 Å². The van der Waals surface area contributed by atoms with E-state index in [2.05, 4.69) is 6.07 Å². The summed E-state index contributed by atoms with van der Waals surface area (Å²) in [5, 5.41) is 9.12. The van der Waals surface area contributed by atoms with Crippen molar-refractivity contribution in [2.24, 2.45) is 0 Å². The zero-order chi connectivity index (χ0) is 14.0. The first-order valence-electron chi connectivity index (χ1n) is 5.48. The van der Waals surface area contributed by atoms with Gasteiger partial charge in [0, 0.05) is 16.2 Å². The molecule has 0 bridgehead atoms. The number of benzene rings is 2. The monoisotopic (exact) mass is 291 g/mol. The number of rotatable bonds is 2. The van der Waals surface area contributed by atoms with Gasteiger partial charge in [-0.2, -0.15) is 5.26 Å². The first-order valence-corrected chi connectivity index (χ1v) is 7.79. The fourth-order valence-corrected chi connectivity index (χ4v) is 2.70. The molecule has 0 unspecified atom stereocenters. The van der Waals surface area contributed by atoms with Crippen molar-refractivity contribution in [3.8, 4) is 17.2 Å². The Morgan fingerprint density at radius 2 is 1.74 bits per heavy atom. The third-order valence-corrected chi connectivity index (χ3v) is 4.19. The van der Waals surface area contributed by atoms with Gasteiger partial charge in [-0.1, -0.05) is 24.3 Å². The lowest BCUT2D eigenvalue weighted by Gasteiger charge is -2.08. The van der Waals surface area contributed by atoms with Crippen molar-refractivity contribution >= 4 is 19.7 Å². The van der Waals surface area contributed by atoms with Gasteiger partial charge < -0.3 is 0 Å². The van der Waals surface area contributed by atoms with Crippen molar-refractivity contribution < 1.29 is 8.42 Å². The van der Waals surface area contributed by atoms with Gasteiger partial charge in [-0.3, -0.25) is 0 Å². The van der Waals surface area contributed by atoms with Crippen LogP contribution in [0, 0.1) is 18.3 Å². The van der Waals surface area contributed by atoms with E-state index in [0.717, 1.165) is 16.7 Å². The number of hydrogen-bond donors (Lipinski definition) is 0. The van der Waals surface area contributed by atoms with Crippen LogP contribution < -0.4 is 0 Å². The van der Waals surface area contributed by atoms with Crippen LogP contribution in [0.4, 0.5) is 0 Å². The fourth-order valence-electron chi connectivity index (χ4n) is 1.93. The molecular weight excluding hydrogens is 282 g/mol. The Hall–Kier alpha value is -1.83. The van der Waals surface area contributed by atoms with Crippen LogP contribution in [0.25, 0.3) is 11.1 Å². The predicted octanol–water partition coefficient (Wildman–Crippen LogP) is 3.46. The first-order chi connectivity index (χ1) is 8.93. The highest BCUT2D eigenvalue weighted by Crippen LogP contribution is 2.28. The summed E-state index contributed by atoms with van der Waals surface area (Å²) in [6.07, 6.45) is 0. The Labute approximate surface area is 116 Å². The quantitative estimate of drug-likeness (QED) is 0.796. The number of aryl methyl sites for hydroxylation is 1. The predicted molar refractivity (Wildman–Crippen MR) is 74.4 cm³/mol. The Balaban J connectivity index is 2.59. The molecule has 0 aromatic heterocycles. The Morgan fingerprint density at radius 1 is 1.11 bits per heavy atom. The molecule has 0 spiro atoms. The van der Waals surface area contributed by atoms with Crippen LogP contribution >= 0.6 is 10.7 Å². The first kappa shape index (κ1) is 13.6. The number of hydrogen-bond acceptors (Lipinski definition) is 3. The largest absolute Gasteiger partial charge is 0.261 e. The second kappa shape index (κ2) is 5.04. The van der Waals surface area contributed by atoms with Crippen LogP contribution in [0.1, 0.15) is 11.1 Å². The van der Waals surface area contributed by atoms with Crippen molar-refractivity contribution in [1.29, 1.82) is 5.26 Å². The minimum atomic E-state index is -3.72. The molecule has 0 aliphatic rings. The minimum Gasteiger partial charge on any atom is -0.207 e. The zero-order valence-electron chi connectivity index (χ0n) is 10.1. The molecule has 5 heteroatoms. The molecule has 0 amide bonds. The van der Waals surface area contributed by atoms with E-state index < -0.39 is 9.05 Å². The van der Waals surface area contributed by atoms with E-state index in [0.29, 0.717) is 5.56 Å². The van der Waals surface area contributed by atoms with Gasteiger partial charge in [0.05, 0.1) is 16.5 Å². The van der Waals surface area contributed by atoms with Gasteiger partial charge in [-0.05, 0) is 36.2 Å². The zero-order valence-corrected chi connectivity index (χ0v) is 11.7. The van der Waals surface area contributed by atoms with Gasteiger partial charge in [0.1, 0.15) is 0 Å². The van der Waals surface area contributed by atoms with Crippen LogP contribution in [0.5, 0.6) is 0 Å². The van der Waals surface area contributed by atoms with Crippen LogP contribution in [0.2, 0.25) is 0 Å². The Morgan fingerprint density at radius 3 is 2.26 bits per heavy atom. The summed E-state index contributed by atoms with van der Waals surface area (Å²) in [4.78, 5) is 0.0463. The average Bonchev–Trinajstić information content (AvgIpc) is 2.37. The van der Waals surface area contributed by atoms with Gasteiger partial charge in [0.25, 0.3) is 9.05 Å². The molecule has 19 heavy (non-hydrogen) atoms. The smallest absolute Gasteiger partial charge is 0.207 e. The molecule has 0 atom stereocenters. The lowest BCUT2D eigenvalue weighted by molar-refractivity contribution is 0.609. The van der Waals surface area contributed by atoms with Crippen LogP contribution in [0.3, 0.4) is 0 Å². The highest BCUT2D eigenvalue weighted by atomic mass is 35.7. The summed E-state index contributed by atoms with van der Waals surface area (Å²) in [6.45, 7) is 1.91. The Bertz CT molecular complexity index is 759. The summed E-state index contributed by atoms with van der Waals surface area (Å²) in [6, 6.07) is 13.8. The van der Waals surface area contributed by atoms with E-state index in [1.807, 2.05) is 19.1 Å². The van der Waals surface area contributed by atoms with Gasteiger partial charge in [0.2, 0.25) is 0 Å². The summed E-state index contributed by atoms with van der Waals surface area (Å²) >= 11 is 0. The minimum absolute atomic E-state index is 0.0463. The van der Waals surface area contributed by atoms with E-state index in [1.54, 1.807) is 18.2 Å². The van der Waals surface area contributed by atoms with Crippen LogP contribution in [-0.4, -0.2) is 8.42 Å². The van der Waals surface area contributed by atoms with Gasteiger partial charge in [-0.15, -0.1) is 0 Å². The Kier molecular flexibility index (Phi) is 3.61. The molecule has 0 radical (unpaired) electrons. The lowest BCUT2D eigenvalue weighted by atomic mass is 9.96. The van der Waals surface area contributed by atoms with Crippen molar-refractivity contribution in [3.05, 3.63) is 53.6 Å². The summed E-state index contributed by atoms with van der Waals surface area (Å²) < 4.78 is 22.4. The molecule has 0 saturated carbocycles. The maximum absolute atomic E-state index is 11.2. The molecule has 0 saturated heterocycles. The van der Waals surface area contributed by atoms with Crippen LogP contribution in [0.15, 0.2) is 47.4 Å². The molecule has 3 nitrogen and oxygen atoms in total. The fraction of sp³-hybridized carbons (Fsp3) is 0.0714. The maximum Gasteiger partial charge on any atom is 0.261 e. The molecular formula is C14H10ClNO2S. The number of nitriles is 1.